The minimum Gasteiger partial charge on any atom is -0.240 e. The van der Waals surface area contributed by atoms with Gasteiger partial charge in [-0.2, -0.15) is 0 Å². The molecular weight excluding hydrogens is 180 g/mol. The van der Waals surface area contributed by atoms with Crippen LogP contribution in [0.3, 0.4) is 0 Å². The van der Waals surface area contributed by atoms with Gasteiger partial charge in [-0.15, -0.1) is 11.3 Å². The molecule has 1 unspecified atom stereocenters. The molecule has 0 bridgehead atoms. The van der Waals surface area contributed by atoms with E-state index in [1.54, 1.807) is 11.3 Å². The predicted octanol–water partition coefficient (Wildman–Crippen LogP) is 3.20. The number of aromatic nitrogens is 2. The van der Waals surface area contributed by atoms with E-state index >= 15 is 0 Å². The van der Waals surface area contributed by atoms with Crippen molar-refractivity contribution in [3.05, 3.63) is 23.5 Å². The zero-order chi connectivity index (χ0) is 9.26. The first kappa shape index (κ1) is 8.63. The van der Waals surface area contributed by atoms with Crippen molar-refractivity contribution in [3.63, 3.8) is 0 Å². The standard InChI is InChI=1S/C10H12N2S/c1-3-7(2)10-11-6-9-8(12-10)4-5-13-9/h4-7H,3H2,1-2H3. The summed E-state index contributed by atoms with van der Waals surface area (Å²) in [5.74, 6) is 1.43. The molecule has 0 aliphatic heterocycles. The third-order valence-corrected chi connectivity index (χ3v) is 3.12. The van der Waals surface area contributed by atoms with Gasteiger partial charge in [0.15, 0.2) is 0 Å². The van der Waals surface area contributed by atoms with Crippen LogP contribution in [0.25, 0.3) is 10.2 Å². The second-order valence-corrected chi connectivity index (χ2v) is 4.16. The van der Waals surface area contributed by atoms with Crippen molar-refractivity contribution in [2.45, 2.75) is 26.2 Å². The summed E-state index contributed by atoms with van der Waals surface area (Å²) in [6.45, 7) is 4.32. The molecule has 2 aromatic heterocycles. The van der Waals surface area contributed by atoms with Crippen molar-refractivity contribution >= 4 is 21.6 Å². The second-order valence-electron chi connectivity index (χ2n) is 3.21. The van der Waals surface area contributed by atoms with Gasteiger partial charge in [-0.3, -0.25) is 0 Å². The Balaban J connectivity index is 2.48. The lowest BCUT2D eigenvalue weighted by molar-refractivity contribution is 0.683. The average Bonchev–Trinajstić information content (AvgIpc) is 2.63. The molecule has 0 fully saturated rings. The number of nitrogens with zero attached hydrogens (tertiary/aromatic N) is 2. The summed E-state index contributed by atoms with van der Waals surface area (Å²) in [6.07, 6.45) is 3.02. The molecule has 68 valence electrons. The molecule has 0 aliphatic rings. The number of hydrogen-bond acceptors (Lipinski definition) is 3. The van der Waals surface area contributed by atoms with Gasteiger partial charge in [0.2, 0.25) is 0 Å². The summed E-state index contributed by atoms with van der Waals surface area (Å²) in [4.78, 5) is 8.85. The van der Waals surface area contributed by atoms with Crippen LogP contribution in [0.4, 0.5) is 0 Å². The van der Waals surface area contributed by atoms with E-state index in [1.807, 2.05) is 12.3 Å². The van der Waals surface area contributed by atoms with Crippen molar-refractivity contribution in [2.24, 2.45) is 0 Å². The van der Waals surface area contributed by atoms with Crippen LogP contribution >= 0.6 is 11.3 Å². The summed E-state index contributed by atoms with van der Waals surface area (Å²) in [5, 5.41) is 2.06. The smallest absolute Gasteiger partial charge is 0.131 e. The quantitative estimate of drug-likeness (QED) is 0.730. The van der Waals surface area contributed by atoms with Crippen molar-refractivity contribution in [1.29, 1.82) is 0 Å². The maximum Gasteiger partial charge on any atom is 0.131 e. The lowest BCUT2D eigenvalue weighted by Crippen LogP contribution is -1.98. The molecule has 0 N–H and O–H groups in total. The highest BCUT2D eigenvalue weighted by molar-refractivity contribution is 7.17. The van der Waals surface area contributed by atoms with Crippen LogP contribution in [0, 0.1) is 0 Å². The average molecular weight is 192 g/mol. The normalized spacial score (nSPS) is 13.4. The van der Waals surface area contributed by atoms with E-state index in [2.05, 4.69) is 29.2 Å². The van der Waals surface area contributed by atoms with Gasteiger partial charge >= 0.3 is 0 Å². The third-order valence-electron chi connectivity index (χ3n) is 2.28. The van der Waals surface area contributed by atoms with E-state index in [9.17, 15) is 0 Å². The lowest BCUT2D eigenvalue weighted by Gasteiger charge is -2.05. The van der Waals surface area contributed by atoms with Gasteiger partial charge in [0.1, 0.15) is 5.82 Å². The Morgan fingerprint density at radius 2 is 2.38 bits per heavy atom. The van der Waals surface area contributed by atoms with Crippen molar-refractivity contribution in [2.75, 3.05) is 0 Å². The Morgan fingerprint density at radius 3 is 3.15 bits per heavy atom. The number of fused-ring (bicyclic) bond motifs is 1. The molecule has 1 atom stereocenters. The van der Waals surface area contributed by atoms with Crippen LogP contribution in [-0.4, -0.2) is 9.97 Å². The van der Waals surface area contributed by atoms with E-state index in [-0.39, 0.29) is 0 Å². The van der Waals surface area contributed by atoms with Crippen LogP contribution in [0.1, 0.15) is 32.0 Å². The van der Waals surface area contributed by atoms with E-state index in [1.165, 1.54) is 4.70 Å². The van der Waals surface area contributed by atoms with E-state index in [0.717, 1.165) is 17.8 Å². The Kier molecular flexibility index (Phi) is 2.27. The zero-order valence-corrected chi connectivity index (χ0v) is 8.64. The third kappa shape index (κ3) is 1.56. The summed E-state index contributed by atoms with van der Waals surface area (Å²) < 4.78 is 1.17. The molecule has 0 saturated carbocycles. The van der Waals surface area contributed by atoms with E-state index in [0.29, 0.717) is 5.92 Å². The molecule has 0 radical (unpaired) electrons. The highest BCUT2D eigenvalue weighted by atomic mass is 32.1. The van der Waals surface area contributed by atoms with Crippen molar-refractivity contribution < 1.29 is 0 Å². The molecule has 2 nitrogen and oxygen atoms in total. The SMILES string of the molecule is CCC(C)c1ncc2sccc2n1. The molecule has 0 aliphatic carbocycles. The van der Waals surface area contributed by atoms with Gasteiger partial charge in [0, 0.05) is 12.1 Å². The predicted molar refractivity (Wildman–Crippen MR) is 56.1 cm³/mol. The molecule has 0 amide bonds. The minimum atomic E-state index is 0.462. The topological polar surface area (TPSA) is 25.8 Å². The number of hydrogen-bond donors (Lipinski definition) is 0. The Bertz CT molecular complexity index is 408. The second kappa shape index (κ2) is 3.42. The van der Waals surface area contributed by atoms with Crippen molar-refractivity contribution in [1.82, 2.24) is 9.97 Å². The highest BCUT2D eigenvalue weighted by Gasteiger charge is 2.06. The fraction of sp³-hybridized carbons (Fsp3) is 0.400. The first-order chi connectivity index (χ1) is 6.31. The molecule has 0 spiro atoms. The molecule has 2 rings (SSSR count). The first-order valence-corrected chi connectivity index (χ1v) is 5.39. The van der Waals surface area contributed by atoms with Gasteiger partial charge < -0.3 is 0 Å². The summed E-state index contributed by atoms with van der Waals surface area (Å²) in [7, 11) is 0. The molecule has 0 aromatic carbocycles. The molecule has 13 heavy (non-hydrogen) atoms. The Labute approximate surface area is 81.7 Å². The zero-order valence-electron chi connectivity index (χ0n) is 7.82. The van der Waals surface area contributed by atoms with Crippen LogP contribution in [-0.2, 0) is 0 Å². The molecule has 3 heteroatoms. The Morgan fingerprint density at radius 1 is 1.54 bits per heavy atom. The fourth-order valence-electron chi connectivity index (χ4n) is 1.20. The van der Waals surface area contributed by atoms with Gasteiger partial charge in [0.25, 0.3) is 0 Å². The maximum absolute atomic E-state index is 4.51. The number of thiophene rings is 1. The first-order valence-electron chi connectivity index (χ1n) is 4.51. The number of rotatable bonds is 2. The minimum absolute atomic E-state index is 0.462. The highest BCUT2D eigenvalue weighted by Crippen LogP contribution is 2.21. The monoisotopic (exact) mass is 192 g/mol. The van der Waals surface area contributed by atoms with Crippen LogP contribution in [0.15, 0.2) is 17.6 Å². The molecular formula is C10H12N2S. The molecule has 2 heterocycles. The van der Waals surface area contributed by atoms with Crippen LogP contribution in [0.2, 0.25) is 0 Å². The summed E-state index contributed by atoms with van der Waals surface area (Å²) in [6, 6.07) is 2.05. The lowest BCUT2D eigenvalue weighted by atomic mass is 10.1. The Hall–Kier alpha value is -0.960. The van der Waals surface area contributed by atoms with Crippen molar-refractivity contribution in [3.8, 4) is 0 Å². The van der Waals surface area contributed by atoms with Gasteiger partial charge in [0.05, 0.1) is 10.2 Å². The molecule has 2 aromatic rings. The summed E-state index contributed by atoms with van der Waals surface area (Å²) >= 11 is 1.69. The fourth-order valence-corrected chi connectivity index (χ4v) is 1.89. The summed E-state index contributed by atoms with van der Waals surface area (Å²) in [5.41, 5.74) is 1.08. The largest absolute Gasteiger partial charge is 0.240 e. The van der Waals surface area contributed by atoms with Crippen LogP contribution in [0.5, 0.6) is 0 Å². The van der Waals surface area contributed by atoms with Gasteiger partial charge in [-0.05, 0) is 17.9 Å². The van der Waals surface area contributed by atoms with E-state index in [4.69, 9.17) is 0 Å². The maximum atomic E-state index is 4.51. The molecule has 0 saturated heterocycles. The van der Waals surface area contributed by atoms with Crippen LogP contribution < -0.4 is 0 Å². The van der Waals surface area contributed by atoms with Gasteiger partial charge in [-0.1, -0.05) is 13.8 Å². The van der Waals surface area contributed by atoms with E-state index < -0.39 is 0 Å². The van der Waals surface area contributed by atoms with Gasteiger partial charge in [-0.25, -0.2) is 9.97 Å².